The molecule has 0 bridgehead atoms. The highest BCUT2D eigenvalue weighted by molar-refractivity contribution is 7.80. The minimum atomic E-state index is 0.493. The van der Waals surface area contributed by atoms with Crippen LogP contribution in [0.3, 0.4) is 0 Å². The SMILES string of the molecule is CCCC1CCCN(c2ccc(C(N)=S)c(C)c2)CC1. The van der Waals surface area contributed by atoms with Gasteiger partial charge in [-0.05, 0) is 55.9 Å². The number of benzene rings is 1. The van der Waals surface area contributed by atoms with Crippen molar-refractivity contribution in [2.45, 2.75) is 46.0 Å². The van der Waals surface area contributed by atoms with Gasteiger partial charge in [0.2, 0.25) is 0 Å². The van der Waals surface area contributed by atoms with Gasteiger partial charge in [0.15, 0.2) is 0 Å². The molecule has 0 spiro atoms. The van der Waals surface area contributed by atoms with Gasteiger partial charge >= 0.3 is 0 Å². The van der Waals surface area contributed by atoms with E-state index in [1.54, 1.807) is 0 Å². The first-order valence-corrected chi connectivity index (χ1v) is 8.18. The highest BCUT2D eigenvalue weighted by atomic mass is 32.1. The molecule has 1 aromatic rings. The summed E-state index contributed by atoms with van der Waals surface area (Å²) in [6.07, 6.45) is 6.71. The molecule has 0 aromatic heterocycles. The molecule has 1 atom stereocenters. The van der Waals surface area contributed by atoms with E-state index in [1.165, 1.54) is 56.4 Å². The van der Waals surface area contributed by atoms with E-state index in [2.05, 4.69) is 36.9 Å². The molecule has 1 aromatic carbocycles. The Balaban J connectivity index is 2.08. The monoisotopic (exact) mass is 290 g/mol. The Kier molecular flexibility index (Phi) is 5.41. The largest absolute Gasteiger partial charge is 0.389 e. The van der Waals surface area contributed by atoms with Crippen molar-refractivity contribution < 1.29 is 0 Å². The second-order valence-corrected chi connectivity index (χ2v) is 6.38. The molecule has 20 heavy (non-hydrogen) atoms. The molecule has 2 rings (SSSR count). The molecule has 2 N–H and O–H groups in total. The summed E-state index contributed by atoms with van der Waals surface area (Å²) >= 11 is 5.08. The molecule has 2 nitrogen and oxygen atoms in total. The van der Waals surface area contributed by atoms with Gasteiger partial charge in [-0.3, -0.25) is 0 Å². The normalized spacial score (nSPS) is 19.7. The third-order valence-corrected chi connectivity index (χ3v) is 4.61. The topological polar surface area (TPSA) is 29.3 Å². The Labute approximate surface area is 128 Å². The third-order valence-electron chi connectivity index (χ3n) is 4.39. The number of rotatable bonds is 4. The molecule has 1 aliphatic rings. The molecule has 110 valence electrons. The number of hydrogen-bond donors (Lipinski definition) is 1. The van der Waals surface area contributed by atoms with E-state index >= 15 is 0 Å². The fourth-order valence-electron chi connectivity index (χ4n) is 3.24. The first-order valence-electron chi connectivity index (χ1n) is 7.77. The third kappa shape index (κ3) is 3.72. The highest BCUT2D eigenvalue weighted by Crippen LogP contribution is 2.26. The summed E-state index contributed by atoms with van der Waals surface area (Å²) in [4.78, 5) is 3.01. The second kappa shape index (κ2) is 7.07. The average Bonchev–Trinajstić information content (AvgIpc) is 2.64. The smallest absolute Gasteiger partial charge is 0.104 e. The number of anilines is 1. The van der Waals surface area contributed by atoms with Crippen LogP contribution < -0.4 is 10.6 Å². The van der Waals surface area contributed by atoms with Gasteiger partial charge in [0.25, 0.3) is 0 Å². The van der Waals surface area contributed by atoms with Crippen molar-refractivity contribution in [3.63, 3.8) is 0 Å². The van der Waals surface area contributed by atoms with Crippen LogP contribution >= 0.6 is 12.2 Å². The number of thiocarbonyl (C=S) groups is 1. The lowest BCUT2D eigenvalue weighted by molar-refractivity contribution is 0.435. The standard InChI is InChI=1S/C17H26N2S/c1-3-5-14-6-4-10-19(11-9-14)15-7-8-16(17(18)20)13(2)12-15/h7-8,12,14H,3-6,9-11H2,1-2H3,(H2,18,20). The summed E-state index contributed by atoms with van der Waals surface area (Å²) in [6.45, 7) is 6.73. The van der Waals surface area contributed by atoms with Gasteiger partial charge < -0.3 is 10.6 Å². The predicted molar refractivity (Wildman–Crippen MR) is 91.5 cm³/mol. The maximum absolute atomic E-state index is 5.74. The van der Waals surface area contributed by atoms with Gasteiger partial charge in [0, 0.05) is 24.3 Å². The Morgan fingerprint density at radius 1 is 1.35 bits per heavy atom. The first-order chi connectivity index (χ1) is 9.61. The van der Waals surface area contributed by atoms with Gasteiger partial charge in [-0.2, -0.15) is 0 Å². The molecular weight excluding hydrogens is 264 g/mol. The quantitative estimate of drug-likeness (QED) is 0.849. The molecule has 3 heteroatoms. The molecule has 1 unspecified atom stereocenters. The molecular formula is C17H26N2S. The lowest BCUT2D eigenvalue weighted by Crippen LogP contribution is -2.24. The lowest BCUT2D eigenvalue weighted by Gasteiger charge is -2.24. The molecule has 1 saturated heterocycles. The summed E-state index contributed by atoms with van der Waals surface area (Å²) in [7, 11) is 0. The van der Waals surface area contributed by atoms with Crippen LogP contribution in [0.5, 0.6) is 0 Å². The molecule has 0 aliphatic carbocycles. The van der Waals surface area contributed by atoms with Crippen molar-refractivity contribution in [2.75, 3.05) is 18.0 Å². The zero-order valence-electron chi connectivity index (χ0n) is 12.7. The number of nitrogens with zero attached hydrogens (tertiary/aromatic N) is 1. The van der Waals surface area contributed by atoms with E-state index < -0.39 is 0 Å². The van der Waals surface area contributed by atoms with Gasteiger partial charge in [-0.25, -0.2) is 0 Å². The van der Waals surface area contributed by atoms with Gasteiger partial charge in [-0.15, -0.1) is 0 Å². The maximum atomic E-state index is 5.74. The molecule has 0 amide bonds. The van der Waals surface area contributed by atoms with E-state index in [-0.39, 0.29) is 0 Å². The van der Waals surface area contributed by atoms with Crippen molar-refractivity contribution in [3.05, 3.63) is 29.3 Å². The van der Waals surface area contributed by atoms with Crippen LogP contribution in [-0.4, -0.2) is 18.1 Å². The fourth-order valence-corrected chi connectivity index (χ4v) is 3.47. The lowest BCUT2D eigenvalue weighted by atomic mass is 9.96. The molecule has 1 fully saturated rings. The molecule has 1 heterocycles. The van der Waals surface area contributed by atoms with Gasteiger partial charge in [-0.1, -0.05) is 32.0 Å². The predicted octanol–water partition coefficient (Wildman–Crippen LogP) is 4.04. The minimum Gasteiger partial charge on any atom is -0.389 e. The van der Waals surface area contributed by atoms with Crippen LogP contribution in [0.15, 0.2) is 18.2 Å². The summed E-state index contributed by atoms with van der Waals surface area (Å²) in [6, 6.07) is 6.47. The number of nitrogens with two attached hydrogens (primary N) is 1. The van der Waals surface area contributed by atoms with Crippen molar-refractivity contribution in [3.8, 4) is 0 Å². The second-order valence-electron chi connectivity index (χ2n) is 5.94. The Morgan fingerprint density at radius 2 is 2.15 bits per heavy atom. The van der Waals surface area contributed by atoms with E-state index in [0.29, 0.717) is 4.99 Å². The van der Waals surface area contributed by atoms with E-state index in [9.17, 15) is 0 Å². The van der Waals surface area contributed by atoms with Crippen LogP contribution in [0.1, 0.15) is 50.2 Å². The zero-order chi connectivity index (χ0) is 14.5. The van der Waals surface area contributed by atoms with Crippen LogP contribution in [0.2, 0.25) is 0 Å². The average molecular weight is 290 g/mol. The first kappa shape index (κ1) is 15.3. The van der Waals surface area contributed by atoms with E-state index in [1.807, 2.05) is 0 Å². The van der Waals surface area contributed by atoms with Crippen LogP contribution in [0.4, 0.5) is 5.69 Å². The van der Waals surface area contributed by atoms with Crippen molar-refractivity contribution >= 4 is 22.9 Å². The minimum absolute atomic E-state index is 0.493. The number of aryl methyl sites for hydroxylation is 1. The maximum Gasteiger partial charge on any atom is 0.104 e. The van der Waals surface area contributed by atoms with Gasteiger partial charge in [0.1, 0.15) is 4.99 Å². The van der Waals surface area contributed by atoms with Crippen LogP contribution in [-0.2, 0) is 0 Å². The van der Waals surface area contributed by atoms with Crippen molar-refractivity contribution in [1.29, 1.82) is 0 Å². The molecule has 0 radical (unpaired) electrons. The van der Waals surface area contributed by atoms with Crippen LogP contribution in [0, 0.1) is 12.8 Å². The van der Waals surface area contributed by atoms with Crippen LogP contribution in [0.25, 0.3) is 0 Å². The molecule has 0 saturated carbocycles. The Morgan fingerprint density at radius 3 is 2.80 bits per heavy atom. The van der Waals surface area contributed by atoms with Crippen molar-refractivity contribution in [2.24, 2.45) is 11.7 Å². The summed E-state index contributed by atoms with van der Waals surface area (Å²) < 4.78 is 0. The summed E-state index contributed by atoms with van der Waals surface area (Å²) in [5, 5.41) is 0. The highest BCUT2D eigenvalue weighted by Gasteiger charge is 2.17. The van der Waals surface area contributed by atoms with Crippen molar-refractivity contribution in [1.82, 2.24) is 0 Å². The fraction of sp³-hybridized carbons (Fsp3) is 0.588. The Bertz CT molecular complexity index is 470. The number of hydrogen-bond acceptors (Lipinski definition) is 2. The van der Waals surface area contributed by atoms with E-state index in [4.69, 9.17) is 18.0 Å². The molecule has 1 aliphatic heterocycles. The summed E-state index contributed by atoms with van der Waals surface area (Å²) in [5.41, 5.74) is 9.24. The zero-order valence-corrected chi connectivity index (χ0v) is 13.5. The van der Waals surface area contributed by atoms with E-state index in [0.717, 1.165) is 11.5 Å². The summed E-state index contributed by atoms with van der Waals surface area (Å²) in [5.74, 6) is 0.919. The Hall–Kier alpha value is -1.09. The van der Waals surface area contributed by atoms with Gasteiger partial charge in [0.05, 0.1) is 0 Å².